The summed E-state index contributed by atoms with van der Waals surface area (Å²) in [6, 6.07) is -3.66. The lowest BCUT2D eigenvalue weighted by atomic mass is 9.99. The van der Waals surface area contributed by atoms with Crippen molar-refractivity contribution < 1.29 is 83.6 Å². The van der Waals surface area contributed by atoms with Gasteiger partial charge in [-0.2, -0.15) is 17.6 Å². The Kier molecular flexibility index (Phi) is 13.5. The maximum absolute atomic E-state index is 14.1. The first kappa shape index (κ1) is 43.6. The van der Waals surface area contributed by atoms with Gasteiger partial charge in [0, 0.05) is 19.4 Å². The van der Waals surface area contributed by atoms with Crippen LogP contribution in [-0.4, -0.2) is 87.8 Å². The van der Waals surface area contributed by atoms with Gasteiger partial charge < -0.3 is 36.2 Å². The van der Waals surface area contributed by atoms with Crippen LogP contribution in [0.5, 0.6) is 5.75 Å². The van der Waals surface area contributed by atoms with Gasteiger partial charge >= 0.3 is 17.9 Å². The normalized spacial score (nSPS) is 18.0. The highest BCUT2D eigenvalue weighted by Crippen LogP contribution is 2.44. The third-order valence-corrected chi connectivity index (χ3v) is 8.21. The summed E-state index contributed by atoms with van der Waals surface area (Å²) in [6.45, 7) is 1.38. The van der Waals surface area contributed by atoms with Crippen molar-refractivity contribution in [2.24, 2.45) is 11.8 Å². The summed E-state index contributed by atoms with van der Waals surface area (Å²) < 4.78 is 115. The summed E-state index contributed by atoms with van der Waals surface area (Å²) in [6.07, 6.45) is -2.62. The van der Waals surface area contributed by atoms with Crippen molar-refractivity contribution in [3.05, 3.63) is 64.7 Å². The molecule has 22 heteroatoms. The van der Waals surface area contributed by atoms with E-state index in [9.17, 15) is 78.9 Å². The van der Waals surface area contributed by atoms with Crippen LogP contribution in [0.4, 0.5) is 35.1 Å². The average Bonchev–Trinajstić information content (AvgIpc) is 3.82. The summed E-state index contributed by atoms with van der Waals surface area (Å²) in [5.41, 5.74) is -2.67. The Bertz CT molecular complexity index is 1870. The zero-order valence-corrected chi connectivity index (χ0v) is 28.7. The van der Waals surface area contributed by atoms with Crippen molar-refractivity contribution in [3.8, 4) is 5.75 Å². The average molecular weight is 797 g/mol. The Morgan fingerprint density at radius 1 is 0.836 bits per heavy atom. The number of hydrogen-bond acceptors (Lipinski definition) is 8. The number of alkyl halides is 2. The molecular weight excluding hydrogens is 764 g/mol. The molecule has 14 nitrogen and oxygen atoms in total. The van der Waals surface area contributed by atoms with Crippen molar-refractivity contribution in [3.63, 3.8) is 0 Å². The highest BCUT2D eigenvalue weighted by molar-refractivity contribution is 6.03. The van der Waals surface area contributed by atoms with Crippen LogP contribution in [0.15, 0.2) is 24.3 Å². The second-order valence-electron chi connectivity index (χ2n) is 12.8. The molecule has 1 aliphatic rings. The Labute approximate surface area is 305 Å². The number of nitrogens with one attached hydrogen (secondary N) is 4. The van der Waals surface area contributed by atoms with Gasteiger partial charge in [0.1, 0.15) is 30.3 Å². The molecule has 0 saturated heterocycles. The van der Waals surface area contributed by atoms with Crippen LogP contribution in [-0.2, 0) is 40.0 Å². The molecule has 1 fully saturated rings. The Morgan fingerprint density at radius 2 is 1.44 bits per heavy atom. The first-order chi connectivity index (χ1) is 25.4. The summed E-state index contributed by atoms with van der Waals surface area (Å²) in [5.74, 6) is -29.9. The maximum Gasteiger partial charge on any atom is 0.321 e. The van der Waals surface area contributed by atoms with E-state index < -0.39 is 149 Å². The van der Waals surface area contributed by atoms with Crippen LogP contribution in [0.1, 0.15) is 39.2 Å². The van der Waals surface area contributed by atoms with Crippen LogP contribution in [0.2, 0.25) is 0 Å². The van der Waals surface area contributed by atoms with Crippen molar-refractivity contribution in [1.82, 2.24) is 21.3 Å². The first-order valence-electron chi connectivity index (χ1n) is 15.9. The van der Waals surface area contributed by atoms with E-state index in [2.05, 4.69) is 15.4 Å². The molecule has 1 unspecified atom stereocenters. The number of Topliss-reactive ketones (excluding diaryl/α,β-unsaturated/α-hetero) is 1. The number of carboxylic acids is 2. The van der Waals surface area contributed by atoms with Crippen molar-refractivity contribution >= 4 is 41.4 Å². The zero-order valence-electron chi connectivity index (χ0n) is 28.7. The molecule has 2 aromatic rings. The molecule has 300 valence electrons. The van der Waals surface area contributed by atoms with E-state index >= 15 is 0 Å². The van der Waals surface area contributed by atoms with Gasteiger partial charge in [0.05, 0.1) is 12.3 Å². The number of hydrogen-bond donors (Lipinski definition) is 6. The highest BCUT2D eigenvalue weighted by Gasteiger charge is 2.66. The van der Waals surface area contributed by atoms with Gasteiger partial charge in [-0.3, -0.25) is 33.6 Å². The van der Waals surface area contributed by atoms with E-state index in [1.165, 1.54) is 13.8 Å². The van der Waals surface area contributed by atoms with Crippen LogP contribution >= 0.6 is 0 Å². The molecule has 0 radical (unpaired) electrons. The summed E-state index contributed by atoms with van der Waals surface area (Å²) in [7, 11) is 0. The number of carbonyl (C=O) groups excluding carboxylic acids is 5. The molecule has 55 heavy (non-hydrogen) atoms. The lowest BCUT2D eigenvalue weighted by molar-refractivity contribution is -0.148. The quantitative estimate of drug-likeness (QED) is 0.0952. The lowest BCUT2D eigenvalue weighted by Gasteiger charge is -2.28. The first-order valence-corrected chi connectivity index (χ1v) is 15.9. The third kappa shape index (κ3) is 10.7. The second-order valence-corrected chi connectivity index (χ2v) is 12.8. The molecule has 0 heterocycles. The number of rotatable bonds is 18. The van der Waals surface area contributed by atoms with Crippen molar-refractivity contribution in [1.29, 1.82) is 0 Å². The molecule has 0 aliphatic heterocycles. The van der Waals surface area contributed by atoms with Crippen LogP contribution in [0, 0.1) is 46.7 Å². The third-order valence-electron chi connectivity index (χ3n) is 8.21. The Hall–Kier alpha value is -5.83. The molecule has 4 amide bonds. The van der Waals surface area contributed by atoms with Crippen LogP contribution in [0.3, 0.4) is 0 Å². The number of amides is 4. The van der Waals surface area contributed by atoms with E-state index in [4.69, 9.17) is 0 Å². The molecule has 1 saturated carbocycles. The minimum absolute atomic E-state index is 0.149. The fraction of sp³-hybridized carbons (Fsp3) is 0.424. The number of aliphatic carboxylic acids is 2. The number of benzene rings is 2. The van der Waals surface area contributed by atoms with E-state index in [0.29, 0.717) is 12.1 Å². The Morgan fingerprint density at radius 3 is 1.93 bits per heavy atom. The van der Waals surface area contributed by atoms with Gasteiger partial charge in [-0.05, 0) is 30.0 Å². The van der Waals surface area contributed by atoms with E-state index in [0.717, 1.165) is 6.07 Å². The Balaban J connectivity index is 1.89. The molecular formula is C33H32F8N4O10. The molecule has 3 rings (SSSR count). The predicted octanol–water partition coefficient (Wildman–Crippen LogP) is 1.91. The van der Waals surface area contributed by atoms with Gasteiger partial charge in [0.25, 0.3) is 5.91 Å². The number of ether oxygens (including phenoxy) is 1. The molecule has 6 N–H and O–H groups in total. The van der Waals surface area contributed by atoms with Gasteiger partial charge in [-0.25, -0.2) is 17.6 Å². The largest absolute Gasteiger partial charge is 0.481 e. The minimum Gasteiger partial charge on any atom is -0.481 e. The zero-order chi connectivity index (χ0) is 41.7. The van der Waals surface area contributed by atoms with Crippen molar-refractivity contribution in [2.45, 2.75) is 69.6 Å². The van der Waals surface area contributed by atoms with Crippen LogP contribution in [0.25, 0.3) is 0 Å². The van der Waals surface area contributed by atoms with E-state index in [1.54, 1.807) is 5.32 Å². The number of halogens is 8. The molecule has 1 aliphatic carbocycles. The summed E-state index contributed by atoms with van der Waals surface area (Å²) in [5, 5.41) is 26.7. The van der Waals surface area contributed by atoms with Gasteiger partial charge in [0.2, 0.25) is 29.4 Å². The van der Waals surface area contributed by atoms with E-state index in [-0.39, 0.29) is 18.6 Å². The predicted molar refractivity (Wildman–Crippen MR) is 167 cm³/mol. The fourth-order valence-electron chi connectivity index (χ4n) is 5.11. The summed E-state index contributed by atoms with van der Waals surface area (Å²) in [4.78, 5) is 88.6. The second kappa shape index (κ2) is 17.1. The van der Waals surface area contributed by atoms with Gasteiger partial charge in [0.15, 0.2) is 34.8 Å². The standard InChI is InChI=1S/C33H32F8N4O10/c1-12(2)25(28(50)42-19(9-22(47)48)21(46)11-55-26-23(38)17(36)8-18(37)24(26)39)44-27(49)20(7-13-4-5-15(34)16(35)6-13)43-31(54)33(10-14(33)29(51)52)45-30(53)32(3,40)41/h4-6,8,12,14,19-20,25H,7,9-11H2,1-3H3,(H,42,50)(H,43,54)(H,44,49)(H,45,53)(H,47,48)(H,51,52)/t14?,19-,20-,25-,33+/m0/s1. The molecule has 0 spiro atoms. The SMILES string of the molecule is CC(C)[C@H](NC(=O)[C@H](Cc1ccc(F)c(F)c1)NC(=O)[C@@]1(NC(=O)C(C)(F)F)CC1C(=O)O)C(=O)N[C@@H](CC(=O)O)C(=O)COc1c(F)c(F)cc(F)c1F. The minimum atomic E-state index is -4.09. The fourth-order valence-corrected chi connectivity index (χ4v) is 5.11. The van der Waals surface area contributed by atoms with Gasteiger partial charge in [-0.1, -0.05) is 19.9 Å². The van der Waals surface area contributed by atoms with Gasteiger partial charge in [-0.15, -0.1) is 0 Å². The monoisotopic (exact) mass is 796 g/mol. The number of ketones is 1. The molecule has 0 bridgehead atoms. The number of carbonyl (C=O) groups is 7. The highest BCUT2D eigenvalue weighted by atomic mass is 19.3. The molecule has 0 aromatic heterocycles. The molecule has 5 atom stereocenters. The summed E-state index contributed by atoms with van der Waals surface area (Å²) >= 11 is 0. The van der Waals surface area contributed by atoms with Crippen LogP contribution < -0.4 is 26.0 Å². The molecule has 2 aromatic carbocycles. The smallest absolute Gasteiger partial charge is 0.321 e. The topological polar surface area (TPSA) is 217 Å². The van der Waals surface area contributed by atoms with E-state index in [1.807, 2.05) is 5.32 Å². The maximum atomic E-state index is 14.1. The van der Waals surface area contributed by atoms with Crippen molar-refractivity contribution in [2.75, 3.05) is 6.61 Å². The number of carboxylic acid groups (broad SMARTS) is 2. The lowest BCUT2D eigenvalue weighted by Crippen LogP contribution is -2.61.